The molecule has 0 bridgehead atoms. The third-order valence-electron chi connectivity index (χ3n) is 2.44. The summed E-state index contributed by atoms with van der Waals surface area (Å²) in [5.74, 6) is 0.985. The maximum absolute atomic E-state index is 4.59. The van der Waals surface area contributed by atoms with Gasteiger partial charge in [-0.1, -0.05) is 12.1 Å². The van der Waals surface area contributed by atoms with E-state index in [2.05, 4.69) is 20.6 Å². The van der Waals surface area contributed by atoms with E-state index in [4.69, 9.17) is 0 Å². The number of aromatic nitrogens is 3. The number of fused-ring (bicyclic) bond motifs is 1. The average molecular weight is 215 g/mol. The van der Waals surface area contributed by atoms with Gasteiger partial charge in [0.25, 0.3) is 0 Å². The molecule has 3 nitrogen and oxygen atoms in total. The Hall–Kier alpha value is -1.68. The second-order valence-corrected chi connectivity index (χ2v) is 4.24. The molecule has 0 fully saturated rings. The van der Waals surface area contributed by atoms with E-state index in [1.54, 1.807) is 11.3 Å². The monoisotopic (exact) mass is 215 g/mol. The molecular formula is C11H9N3S. The second-order valence-electron chi connectivity index (χ2n) is 3.35. The zero-order chi connectivity index (χ0) is 10.3. The summed E-state index contributed by atoms with van der Waals surface area (Å²) >= 11 is 1.61. The molecule has 2 heterocycles. The number of thiazole rings is 1. The van der Waals surface area contributed by atoms with E-state index >= 15 is 0 Å². The maximum Gasteiger partial charge on any atom is 0.152 e. The summed E-state index contributed by atoms with van der Waals surface area (Å²) in [5.41, 5.74) is 4.01. The predicted octanol–water partition coefficient (Wildman–Crippen LogP) is 2.70. The summed E-state index contributed by atoms with van der Waals surface area (Å²) in [6.07, 6.45) is 1.85. The van der Waals surface area contributed by atoms with Crippen LogP contribution in [0.4, 0.5) is 0 Å². The van der Waals surface area contributed by atoms with Gasteiger partial charge in [0.1, 0.15) is 0 Å². The minimum Gasteiger partial charge on any atom is -0.326 e. The largest absolute Gasteiger partial charge is 0.326 e. The average Bonchev–Trinajstić information content (AvgIpc) is 2.87. The molecule has 0 saturated heterocycles. The lowest BCUT2D eigenvalue weighted by Crippen LogP contribution is -1.89. The van der Waals surface area contributed by atoms with Crippen molar-refractivity contribution in [1.29, 1.82) is 0 Å². The molecule has 0 spiro atoms. The summed E-state index contributed by atoms with van der Waals surface area (Å²) in [7, 11) is 2.03. The van der Waals surface area contributed by atoms with Gasteiger partial charge in [0, 0.05) is 13.2 Å². The normalized spacial score (nSPS) is 11.0. The van der Waals surface area contributed by atoms with Crippen LogP contribution in [0.1, 0.15) is 0 Å². The number of aryl methyl sites for hydroxylation is 1. The second kappa shape index (κ2) is 3.17. The third kappa shape index (κ3) is 1.26. The first kappa shape index (κ1) is 8.61. The van der Waals surface area contributed by atoms with Crippen LogP contribution in [-0.4, -0.2) is 14.5 Å². The fourth-order valence-electron chi connectivity index (χ4n) is 1.69. The van der Waals surface area contributed by atoms with Gasteiger partial charge in [-0.25, -0.2) is 4.98 Å². The number of para-hydroxylation sites is 2. The van der Waals surface area contributed by atoms with Gasteiger partial charge in [-0.05, 0) is 12.1 Å². The standard InChI is InChI=1S/C11H9N3S/c1-14-9-5-3-2-4-8(9)13-11(14)10-6-12-7-15-10/h2-7H,1H3. The van der Waals surface area contributed by atoms with Gasteiger partial charge in [-0.2, -0.15) is 0 Å². The molecule has 0 N–H and O–H groups in total. The van der Waals surface area contributed by atoms with Gasteiger partial charge in [0.05, 0.1) is 21.4 Å². The van der Waals surface area contributed by atoms with E-state index in [-0.39, 0.29) is 0 Å². The molecule has 74 valence electrons. The number of hydrogen-bond acceptors (Lipinski definition) is 3. The predicted molar refractivity (Wildman–Crippen MR) is 61.8 cm³/mol. The molecule has 0 aliphatic carbocycles. The van der Waals surface area contributed by atoms with E-state index in [9.17, 15) is 0 Å². The van der Waals surface area contributed by atoms with Crippen molar-refractivity contribution in [1.82, 2.24) is 14.5 Å². The van der Waals surface area contributed by atoms with E-state index < -0.39 is 0 Å². The van der Waals surface area contributed by atoms with Gasteiger partial charge in [-0.3, -0.25) is 4.98 Å². The van der Waals surface area contributed by atoms with Crippen molar-refractivity contribution in [2.24, 2.45) is 7.05 Å². The zero-order valence-corrected chi connectivity index (χ0v) is 9.03. The molecule has 0 radical (unpaired) electrons. The lowest BCUT2D eigenvalue weighted by molar-refractivity contribution is 0.962. The number of rotatable bonds is 1. The van der Waals surface area contributed by atoms with Crippen molar-refractivity contribution >= 4 is 22.4 Å². The molecule has 15 heavy (non-hydrogen) atoms. The number of nitrogens with zero attached hydrogens (tertiary/aromatic N) is 3. The van der Waals surface area contributed by atoms with E-state index in [0.29, 0.717) is 0 Å². The smallest absolute Gasteiger partial charge is 0.152 e. The number of benzene rings is 1. The van der Waals surface area contributed by atoms with E-state index in [1.807, 2.05) is 37.0 Å². The highest BCUT2D eigenvalue weighted by molar-refractivity contribution is 7.13. The first-order valence-corrected chi connectivity index (χ1v) is 5.54. The zero-order valence-electron chi connectivity index (χ0n) is 8.21. The van der Waals surface area contributed by atoms with Crippen LogP contribution in [0.2, 0.25) is 0 Å². The summed E-state index contributed by atoms with van der Waals surface area (Å²) in [5, 5.41) is 0. The van der Waals surface area contributed by atoms with Crippen LogP contribution >= 0.6 is 11.3 Å². The first-order chi connectivity index (χ1) is 7.36. The van der Waals surface area contributed by atoms with Crippen molar-refractivity contribution in [3.63, 3.8) is 0 Å². The lowest BCUT2D eigenvalue weighted by atomic mass is 10.3. The van der Waals surface area contributed by atoms with Crippen LogP contribution in [0.3, 0.4) is 0 Å². The van der Waals surface area contributed by atoms with Gasteiger partial charge in [-0.15, -0.1) is 11.3 Å². The van der Waals surface area contributed by atoms with Crippen molar-refractivity contribution in [2.75, 3.05) is 0 Å². The van der Waals surface area contributed by atoms with Gasteiger partial charge < -0.3 is 4.57 Å². The van der Waals surface area contributed by atoms with Crippen LogP contribution in [0.5, 0.6) is 0 Å². The maximum atomic E-state index is 4.59. The fraction of sp³-hybridized carbons (Fsp3) is 0.0909. The highest BCUT2D eigenvalue weighted by Crippen LogP contribution is 2.25. The molecule has 2 aromatic heterocycles. The van der Waals surface area contributed by atoms with E-state index in [1.165, 1.54) is 0 Å². The Labute approximate surface area is 91.0 Å². The van der Waals surface area contributed by atoms with Gasteiger partial charge in [0.2, 0.25) is 0 Å². The molecule has 0 saturated carbocycles. The Morgan fingerprint density at radius 2 is 2.13 bits per heavy atom. The minimum absolute atomic E-state index is 0.985. The van der Waals surface area contributed by atoms with Gasteiger partial charge in [0.15, 0.2) is 5.82 Å². The summed E-state index contributed by atoms with van der Waals surface area (Å²) < 4.78 is 2.10. The summed E-state index contributed by atoms with van der Waals surface area (Å²) in [4.78, 5) is 9.77. The van der Waals surface area contributed by atoms with Crippen molar-refractivity contribution < 1.29 is 0 Å². The minimum atomic E-state index is 0.985. The first-order valence-electron chi connectivity index (χ1n) is 4.66. The van der Waals surface area contributed by atoms with E-state index in [0.717, 1.165) is 21.7 Å². The van der Waals surface area contributed by atoms with Gasteiger partial charge >= 0.3 is 0 Å². The SMILES string of the molecule is Cn1c(-c2cncs2)nc2ccccc21. The highest BCUT2D eigenvalue weighted by atomic mass is 32.1. The molecule has 3 aromatic rings. The third-order valence-corrected chi connectivity index (χ3v) is 3.21. The Morgan fingerprint density at radius 1 is 1.27 bits per heavy atom. The molecule has 1 aromatic carbocycles. The summed E-state index contributed by atoms with van der Waals surface area (Å²) in [6.45, 7) is 0. The van der Waals surface area contributed by atoms with Crippen LogP contribution < -0.4 is 0 Å². The fourth-order valence-corrected chi connectivity index (χ4v) is 2.34. The molecule has 0 unspecified atom stereocenters. The molecule has 0 amide bonds. The Kier molecular flexibility index (Phi) is 1.82. The Balaban J connectivity index is 2.33. The Morgan fingerprint density at radius 3 is 2.87 bits per heavy atom. The van der Waals surface area contributed by atoms with Crippen molar-refractivity contribution in [3.8, 4) is 10.7 Å². The molecule has 0 aliphatic rings. The van der Waals surface area contributed by atoms with Crippen LogP contribution in [-0.2, 0) is 7.05 Å². The quantitative estimate of drug-likeness (QED) is 0.625. The molecule has 3 rings (SSSR count). The number of imidazole rings is 1. The molecule has 4 heteroatoms. The van der Waals surface area contributed by atoms with Crippen molar-refractivity contribution in [2.45, 2.75) is 0 Å². The molecule has 0 atom stereocenters. The highest BCUT2D eigenvalue weighted by Gasteiger charge is 2.09. The lowest BCUT2D eigenvalue weighted by Gasteiger charge is -1.97. The molecule has 0 aliphatic heterocycles. The van der Waals surface area contributed by atoms with Crippen LogP contribution in [0, 0.1) is 0 Å². The Bertz CT molecular complexity index is 595. The number of hydrogen-bond donors (Lipinski definition) is 0. The topological polar surface area (TPSA) is 30.7 Å². The molecular weight excluding hydrogens is 206 g/mol. The van der Waals surface area contributed by atoms with Crippen LogP contribution in [0.15, 0.2) is 36.0 Å². The summed E-state index contributed by atoms with van der Waals surface area (Å²) in [6, 6.07) is 8.14. The van der Waals surface area contributed by atoms with Crippen molar-refractivity contribution in [3.05, 3.63) is 36.0 Å². The van der Waals surface area contributed by atoms with Crippen LogP contribution in [0.25, 0.3) is 21.7 Å².